The maximum absolute atomic E-state index is 14.2. The standard InChI is InChI=1S/C27H29F2N3O5/c28-19-6-3-5-18(15-19)25(34)32-23(24(33)30-16-20-7-4-14-36-20)17-37-27(32)10-12-31(13-11-27)26(35)21-8-1-2-9-22(21)29/h1-3,5-6,8-9,15,20,23H,4,7,10-14,16-17H2,(H,30,33)/t20-,23-/m0/s1. The lowest BCUT2D eigenvalue weighted by Crippen LogP contribution is -2.60. The number of piperidine rings is 1. The van der Waals surface area contributed by atoms with E-state index in [9.17, 15) is 23.2 Å². The number of ether oxygens (including phenoxy) is 2. The molecule has 196 valence electrons. The molecule has 2 atom stereocenters. The van der Waals surface area contributed by atoms with E-state index in [4.69, 9.17) is 9.47 Å². The molecule has 2 aromatic carbocycles. The molecular weight excluding hydrogens is 484 g/mol. The summed E-state index contributed by atoms with van der Waals surface area (Å²) >= 11 is 0. The Morgan fingerprint density at radius 1 is 1.03 bits per heavy atom. The second kappa shape index (κ2) is 10.5. The van der Waals surface area contributed by atoms with Gasteiger partial charge < -0.3 is 19.7 Å². The second-order valence-corrected chi connectivity index (χ2v) is 9.61. The van der Waals surface area contributed by atoms with Gasteiger partial charge in [-0.3, -0.25) is 19.3 Å². The molecule has 0 aliphatic carbocycles. The van der Waals surface area contributed by atoms with Gasteiger partial charge in [0.15, 0.2) is 0 Å². The molecule has 0 radical (unpaired) electrons. The van der Waals surface area contributed by atoms with Gasteiger partial charge in [-0.2, -0.15) is 0 Å². The molecule has 3 aliphatic heterocycles. The van der Waals surface area contributed by atoms with Gasteiger partial charge in [0.05, 0.1) is 18.3 Å². The molecule has 0 saturated carbocycles. The Morgan fingerprint density at radius 2 is 1.81 bits per heavy atom. The molecule has 3 heterocycles. The highest BCUT2D eigenvalue weighted by atomic mass is 19.1. The van der Waals surface area contributed by atoms with E-state index < -0.39 is 35.2 Å². The molecule has 10 heteroatoms. The van der Waals surface area contributed by atoms with E-state index >= 15 is 0 Å². The van der Waals surface area contributed by atoms with Gasteiger partial charge in [-0.1, -0.05) is 18.2 Å². The van der Waals surface area contributed by atoms with Crippen LogP contribution in [0.4, 0.5) is 8.78 Å². The minimum atomic E-state index is -1.15. The van der Waals surface area contributed by atoms with Crippen molar-refractivity contribution in [2.24, 2.45) is 0 Å². The molecule has 3 saturated heterocycles. The number of halogens is 2. The summed E-state index contributed by atoms with van der Waals surface area (Å²) in [4.78, 5) is 42.7. The smallest absolute Gasteiger partial charge is 0.256 e. The Kier molecular flexibility index (Phi) is 7.21. The van der Waals surface area contributed by atoms with Crippen molar-refractivity contribution in [2.75, 3.05) is 32.8 Å². The second-order valence-electron chi connectivity index (χ2n) is 9.61. The van der Waals surface area contributed by atoms with Crippen LogP contribution in [0.25, 0.3) is 0 Å². The minimum absolute atomic E-state index is 0.0233. The quantitative estimate of drug-likeness (QED) is 0.665. The van der Waals surface area contributed by atoms with E-state index in [1.807, 2.05) is 0 Å². The van der Waals surface area contributed by atoms with Crippen molar-refractivity contribution in [3.8, 4) is 0 Å². The predicted molar refractivity (Wildman–Crippen MR) is 129 cm³/mol. The topological polar surface area (TPSA) is 88.2 Å². The maximum atomic E-state index is 14.2. The first-order valence-corrected chi connectivity index (χ1v) is 12.5. The molecule has 1 N–H and O–H groups in total. The Balaban J connectivity index is 1.36. The Labute approximate surface area is 213 Å². The third kappa shape index (κ3) is 5.08. The molecule has 5 rings (SSSR count). The van der Waals surface area contributed by atoms with Gasteiger partial charge in [0, 0.05) is 44.6 Å². The Bertz CT molecular complexity index is 1180. The van der Waals surface area contributed by atoms with E-state index in [2.05, 4.69) is 5.32 Å². The number of carbonyl (C=O) groups excluding carboxylic acids is 3. The minimum Gasteiger partial charge on any atom is -0.376 e. The van der Waals surface area contributed by atoms with Crippen molar-refractivity contribution in [2.45, 2.75) is 43.6 Å². The van der Waals surface area contributed by atoms with E-state index in [1.165, 1.54) is 46.2 Å². The summed E-state index contributed by atoms with van der Waals surface area (Å²) in [5, 5.41) is 2.87. The molecule has 1 spiro atoms. The molecule has 2 aromatic rings. The molecule has 0 bridgehead atoms. The Hall–Kier alpha value is -3.37. The number of likely N-dealkylation sites (tertiary alicyclic amines) is 1. The van der Waals surface area contributed by atoms with Crippen molar-refractivity contribution in [1.82, 2.24) is 15.1 Å². The van der Waals surface area contributed by atoms with Crippen molar-refractivity contribution < 1.29 is 32.6 Å². The first-order chi connectivity index (χ1) is 17.9. The average Bonchev–Trinajstić information content (AvgIpc) is 3.56. The van der Waals surface area contributed by atoms with Crippen LogP contribution in [0, 0.1) is 11.6 Å². The zero-order valence-electron chi connectivity index (χ0n) is 20.3. The number of benzene rings is 2. The molecular formula is C27H29F2N3O5. The van der Waals surface area contributed by atoms with Gasteiger partial charge in [0.1, 0.15) is 23.4 Å². The average molecular weight is 514 g/mol. The van der Waals surface area contributed by atoms with Crippen LogP contribution in [0.3, 0.4) is 0 Å². The van der Waals surface area contributed by atoms with E-state index in [0.29, 0.717) is 13.2 Å². The van der Waals surface area contributed by atoms with Gasteiger partial charge in [-0.05, 0) is 43.2 Å². The van der Waals surface area contributed by atoms with Gasteiger partial charge >= 0.3 is 0 Å². The van der Waals surface area contributed by atoms with Crippen LogP contribution in [-0.2, 0) is 14.3 Å². The fraction of sp³-hybridized carbons (Fsp3) is 0.444. The van der Waals surface area contributed by atoms with E-state index in [0.717, 1.165) is 18.9 Å². The highest BCUT2D eigenvalue weighted by Crippen LogP contribution is 2.39. The molecule has 37 heavy (non-hydrogen) atoms. The van der Waals surface area contributed by atoms with Crippen LogP contribution in [0.15, 0.2) is 48.5 Å². The largest absolute Gasteiger partial charge is 0.376 e. The number of nitrogens with one attached hydrogen (secondary N) is 1. The predicted octanol–water partition coefficient (Wildman–Crippen LogP) is 2.73. The lowest BCUT2D eigenvalue weighted by molar-refractivity contribution is -0.128. The number of nitrogens with zero attached hydrogens (tertiary/aromatic N) is 2. The molecule has 3 aliphatic rings. The van der Waals surface area contributed by atoms with Crippen molar-refractivity contribution in [3.63, 3.8) is 0 Å². The molecule has 3 fully saturated rings. The van der Waals surface area contributed by atoms with Crippen molar-refractivity contribution in [1.29, 1.82) is 0 Å². The summed E-state index contributed by atoms with van der Waals surface area (Å²) in [6, 6.07) is 10.2. The SMILES string of the molecule is O=C(NC[C@@H]1CCCO1)[C@@H]1COC2(CCN(C(=O)c3ccccc3F)CC2)N1C(=O)c1cccc(F)c1. The lowest BCUT2D eigenvalue weighted by atomic mass is 9.96. The van der Waals surface area contributed by atoms with Crippen LogP contribution < -0.4 is 5.32 Å². The van der Waals surface area contributed by atoms with Gasteiger partial charge in [-0.15, -0.1) is 0 Å². The van der Waals surface area contributed by atoms with E-state index in [-0.39, 0.29) is 55.7 Å². The summed E-state index contributed by atoms with van der Waals surface area (Å²) in [6.45, 7) is 1.35. The van der Waals surface area contributed by atoms with Gasteiger partial charge in [0.25, 0.3) is 11.8 Å². The maximum Gasteiger partial charge on any atom is 0.256 e. The fourth-order valence-corrected chi connectivity index (χ4v) is 5.33. The lowest BCUT2D eigenvalue weighted by Gasteiger charge is -2.44. The summed E-state index contributed by atoms with van der Waals surface area (Å²) in [7, 11) is 0. The third-order valence-electron chi connectivity index (χ3n) is 7.32. The zero-order valence-corrected chi connectivity index (χ0v) is 20.3. The highest BCUT2D eigenvalue weighted by Gasteiger charge is 2.54. The van der Waals surface area contributed by atoms with Gasteiger partial charge in [0.2, 0.25) is 5.91 Å². The van der Waals surface area contributed by atoms with Crippen molar-refractivity contribution >= 4 is 17.7 Å². The molecule has 3 amide bonds. The summed E-state index contributed by atoms with van der Waals surface area (Å²) in [5.41, 5.74) is -1.07. The van der Waals surface area contributed by atoms with Crippen LogP contribution in [0.1, 0.15) is 46.4 Å². The van der Waals surface area contributed by atoms with Crippen LogP contribution in [-0.4, -0.2) is 78.2 Å². The first kappa shape index (κ1) is 25.3. The summed E-state index contributed by atoms with van der Waals surface area (Å²) in [6.07, 6.45) is 2.17. The molecule has 8 nitrogen and oxygen atoms in total. The van der Waals surface area contributed by atoms with Crippen LogP contribution in [0.5, 0.6) is 0 Å². The fourth-order valence-electron chi connectivity index (χ4n) is 5.33. The zero-order chi connectivity index (χ0) is 26.0. The monoisotopic (exact) mass is 513 g/mol. The molecule has 0 unspecified atom stereocenters. The number of carbonyl (C=O) groups is 3. The van der Waals surface area contributed by atoms with Gasteiger partial charge in [-0.25, -0.2) is 8.78 Å². The number of rotatable bonds is 5. The summed E-state index contributed by atoms with van der Waals surface area (Å²) < 4.78 is 39.9. The number of amides is 3. The van der Waals surface area contributed by atoms with E-state index in [1.54, 1.807) is 6.07 Å². The third-order valence-corrected chi connectivity index (χ3v) is 7.32. The summed E-state index contributed by atoms with van der Waals surface area (Å²) in [5.74, 6) is -2.51. The normalized spacial score (nSPS) is 22.9. The first-order valence-electron chi connectivity index (χ1n) is 12.5. The number of hydrogen-bond acceptors (Lipinski definition) is 5. The van der Waals surface area contributed by atoms with Crippen LogP contribution in [0.2, 0.25) is 0 Å². The van der Waals surface area contributed by atoms with Crippen molar-refractivity contribution in [3.05, 3.63) is 71.3 Å². The van der Waals surface area contributed by atoms with Crippen LogP contribution >= 0.6 is 0 Å². The molecule has 0 aromatic heterocycles. The number of hydrogen-bond donors (Lipinski definition) is 1. The highest BCUT2D eigenvalue weighted by molar-refractivity contribution is 5.98. The Morgan fingerprint density at radius 3 is 2.51 bits per heavy atom.